The lowest BCUT2D eigenvalue weighted by Crippen LogP contribution is -2.26. The van der Waals surface area contributed by atoms with Crippen LogP contribution in [-0.2, 0) is 24.3 Å². The molecule has 232 valence electrons. The number of pyridine rings is 1. The molecule has 0 radical (unpaired) electrons. The molecule has 3 aromatic rings. The molecule has 2 saturated heterocycles. The Kier molecular flexibility index (Phi) is 8.26. The topological polar surface area (TPSA) is 128 Å². The van der Waals surface area contributed by atoms with Crippen molar-refractivity contribution in [2.45, 2.75) is 63.5 Å². The summed E-state index contributed by atoms with van der Waals surface area (Å²) in [4.78, 5) is 21.6. The van der Waals surface area contributed by atoms with Gasteiger partial charge in [-0.1, -0.05) is 6.07 Å². The first-order chi connectivity index (χ1) is 20.6. The number of sulfonamides is 1. The van der Waals surface area contributed by atoms with Crippen LogP contribution < -0.4 is 14.9 Å². The fourth-order valence-corrected chi connectivity index (χ4v) is 6.21. The first kappa shape index (κ1) is 29.7. The summed E-state index contributed by atoms with van der Waals surface area (Å²) in [6.07, 6.45) is 2.90. The molecule has 1 aromatic carbocycles. The average molecular weight is 619 g/mol. The summed E-state index contributed by atoms with van der Waals surface area (Å²) < 4.78 is 68.0. The van der Waals surface area contributed by atoms with Gasteiger partial charge >= 0.3 is 0 Å². The number of anilines is 4. The Balaban J connectivity index is 1.48. The van der Waals surface area contributed by atoms with E-state index in [1.54, 1.807) is 12.1 Å². The van der Waals surface area contributed by atoms with Crippen LogP contribution in [0.2, 0.25) is 0 Å². The molecule has 6 rings (SSSR count). The minimum Gasteiger partial charge on any atom is -0.381 e. The van der Waals surface area contributed by atoms with E-state index in [2.05, 4.69) is 20.6 Å². The highest BCUT2D eigenvalue weighted by Crippen LogP contribution is 2.40. The van der Waals surface area contributed by atoms with Gasteiger partial charge in [0.2, 0.25) is 15.9 Å². The molecule has 2 N–H and O–H groups in total. The van der Waals surface area contributed by atoms with Gasteiger partial charge in [-0.2, -0.15) is 0 Å². The van der Waals surface area contributed by atoms with Gasteiger partial charge in [-0.15, -0.1) is 0 Å². The number of carbonyl (C=O) groups excluding carboxylic acids is 1. The van der Waals surface area contributed by atoms with Gasteiger partial charge in [-0.25, -0.2) is 27.2 Å². The monoisotopic (exact) mass is 618 g/mol. The van der Waals surface area contributed by atoms with Crippen molar-refractivity contribution in [3.63, 3.8) is 0 Å². The summed E-state index contributed by atoms with van der Waals surface area (Å²) in [7, 11) is -2.18. The van der Waals surface area contributed by atoms with Crippen LogP contribution in [0.5, 0.6) is 0 Å². The number of alkyl halides is 2. The normalized spacial score (nSPS) is 20.0. The lowest BCUT2D eigenvalue weighted by molar-refractivity contribution is -0.117. The van der Waals surface area contributed by atoms with Gasteiger partial charge in [0.15, 0.2) is 11.5 Å². The van der Waals surface area contributed by atoms with Gasteiger partial charge in [0.1, 0.15) is 17.6 Å². The maximum absolute atomic E-state index is 14.4. The zero-order valence-electron chi connectivity index (χ0n) is 24.2. The highest BCUT2D eigenvalue weighted by Gasteiger charge is 2.32. The number of ether oxygens (including phenoxy) is 2. The second kappa shape index (κ2) is 12.0. The van der Waals surface area contributed by atoms with Crippen LogP contribution in [-0.4, -0.2) is 62.0 Å². The highest BCUT2D eigenvalue weighted by atomic mass is 32.2. The van der Waals surface area contributed by atoms with Crippen molar-refractivity contribution in [1.29, 1.82) is 0 Å². The maximum atomic E-state index is 14.4. The van der Waals surface area contributed by atoms with Crippen molar-refractivity contribution in [2.75, 3.05) is 48.1 Å². The van der Waals surface area contributed by atoms with Gasteiger partial charge in [0, 0.05) is 38.9 Å². The summed E-state index contributed by atoms with van der Waals surface area (Å²) in [6, 6.07) is 7.11. The van der Waals surface area contributed by atoms with Gasteiger partial charge in [0.25, 0.3) is 6.43 Å². The molecule has 0 bridgehead atoms. The van der Waals surface area contributed by atoms with Crippen LogP contribution in [0.1, 0.15) is 74.9 Å². The highest BCUT2D eigenvalue weighted by molar-refractivity contribution is 7.92. The standard InChI is InChI=1S/C29H36F2N6O5S/c1-36(43(2,39)40)22-15-19(17-10-13-41-14-11-17)8-9-20(22)32-21-16-23(34-29(38)18-6-7-18)33-27-25(21)35-28(26(30)31)37(27)24-5-3-4-12-42-24/h8-9,15-18,24,26H,3-7,10-14H2,1-2H3,(H2,32,33,34,38). The summed E-state index contributed by atoms with van der Waals surface area (Å²) in [5, 5.41) is 6.08. The van der Waals surface area contributed by atoms with E-state index in [4.69, 9.17) is 9.47 Å². The molecule has 4 heterocycles. The minimum atomic E-state index is -3.65. The second-order valence-corrected chi connectivity index (χ2v) is 13.5. The Hall–Kier alpha value is -3.36. The molecule has 3 fully saturated rings. The predicted molar refractivity (Wildman–Crippen MR) is 158 cm³/mol. The summed E-state index contributed by atoms with van der Waals surface area (Å²) in [5.74, 6) is -0.380. The van der Waals surface area contributed by atoms with Gasteiger partial charge in [-0.3, -0.25) is 13.7 Å². The quantitative estimate of drug-likeness (QED) is 0.324. The number of nitrogens with zero attached hydrogens (tertiary/aromatic N) is 4. The zero-order valence-corrected chi connectivity index (χ0v) is 25.0. The number of carbonyl (C=O) groups is 1. The van der Waals surface area contributed by atoms with E-state index in [9.17, 15) is 22.0 Å². The number of hydrogen-bond donors (Lipinski definition) is 2. The molecule has 1 amide bonds. The van der Waals surface area contributed by atoms with E-state index >= 15 is 0 Å². The van der Waals surface area contributed by atoms with Crippen molar-refractivity contribution in [3.05, 3.63) is 35.7 Å². The molecule has 1 saturated carbocycles. The number of fused-ring (bicyclic) bond motifs is 1. The zero-order chi connectivity index (χ0) is 30.3. The number of halogens is 2. The molecule has 1 aliphatic carbocycles. The molecular formula is C29H36F2N6O5S. The molecule has 1 unspecified atom stereocenters. The minimum absolute atomic E-state index is 0.107. The molecule has 11 nitrogen and oxygen atoms in total. The lowest BCUT2D eigenvalue weighted by atomic mass is 9.91. The number of rotatable bonds is 9. The Morgan fingerprint density at radius 2 is 1.81 bits per heavy atom. The lowest BCUT2D eigenvalue weighted by Gasteiger charge is -2.26. The molecule has 3 aliphatic rings. The first-order valence-corrected chi connectivity index (χ1v) is 16.5. The smallest absolute Gasteiger partial charge is 0.295 e. The number of benzene rings is 1. The van der Waals surface area contributed by atoms with Crippen molar-refractivity contribution in [3.8, 4) is 0 Å². The van der Waals surface area contributed by atoms with E-state index in [1.807, 2.05) is 12.1 Å². The van der Waals surface area contributed by atoms with Crippen LogP contribution >= 0.6 is 0 Å². The van der Waals surface area contributed by atoms with Crippen LogP contribution in [0.4, 0.5) is 31.7 Å². The van der Waals surface area contributed by atoms with Gasteiger partial charge in [-0.05, 0) is 68.6 Å². The van der Waals surface area contributed by atoms with Crippen molar-refractivity contribution >= 4 is 50.0 Å². The van der Waals surface area contributed by atoms with E-state index in [0.717, 1.165) is 50.3 Å². The molecule has 1 atom stereocenters. The molecule has 43 heavy (non-hydrogen) atoms. The number of nitrogens with one attached hydrogen (secondary N) is 2. The Morgan fingerprint density at radius 1 is 1.05 bits per heavy atom. The number of aromatic nitrogens is 3. The second-order valence-electron chi connectivity index (χ2n) is 11.5. The van der Waals surface area contributed by atoms with Crippen molar-refractivity contribution < 1.29 is 31.5 Å². The van der Waals surface area contributed by atoms with Crippen LogP contribution in [0, 0.1) is 5.92 Å². The van der Waals surface area contributed by atoms with E-state index in [0.29, 0.717) is 43.3 Å². The molecule has 14 heteroatoms. The molecule has 2 aliphatic heterocycles. The van der Waals surface area contributed by atoms with Gasteiger partial charge in [0.05, 0.1) is 23.3 Å². The largest absolute Gasteiger partial charge is 0.381 e. The third-order valence-corrected chi connectivity index (χ3v) is 9.53. The Labute approximate surface area is 249 Å². The number of hydrogen-bond acceptors (Lipinski definition) is 8. The summed E-state index contributed by atoms with van der Waals surface area (Å²) in [6.45, 7) is 1.69. The first-order valence-electron chi connectivity index (χ1n) is 14.7. The molecule has 0 spiro atoms. The van der Waals surface area contributed by atoms with E-state index in [-0.39, 0.29) is 34.7 Å². The summed E-state index contributed by atoms with van der Waals surface area (Å²) in [5.41, 5.74) is 2.41. The van der Waals surface area contributed by atoms with E-state index in [1.165, 1.54) is 15.9 Å². The maximum Gasteiger partial charge on any atom is 0.295 e. The predicted octanol–water partition coefficient (Wildman–Crippen LogP) is 5.45. The average Bonchev–Trinajstić information content (AvgIpc) is 3.78. The molecular weight excluding hydrogens is 582 g/mol. The van der Waals surface area contributed by atoms with Crippen LogP contribution in [0.25, 0.3) is 11.2 Å². The van der Waals surface area contributed by atoms with Crippen LogP contribution in [0.15, 0.2) is 24.3 Å². The number of amides is 1. The van der Waals surface area contributed by atoms with E-state index < -0.39 is 28.5 Å². The summed E-state index contributed by atoms with van der Waals surface area (Å²) >= 11 is 0. The third-order valence-electron chi connectivity index (χ3n) is 8.33. The fraction of sp³-hybridized carbons (Fsp3) is 0.552. The van der Waals surface area contributed by atoms with Gasteiger partial charge < -0.3 is 20.1 Å². The van der Waals surface area contributed by atoms with Crippen LogP contribution in [0.3, 0.4) is 0 Å². The SMILES string of the molecule is CN(c1cc(C2CCOCC2)ccc1Nc1cc(NC(=O)C2CC2)nc2c1nc(C(F)F)n2C1CCCCO1)S(C)(=O)=O. The Morgan fingerprint density at radius 3 is 2.47 bits per heavy atom. The van der Waals surface area contributed by atoms with Crippen molar-refractivity contribution in [2.24, 2.45) is 5.92 Å². The Bertz CT molecular complexity index is 1610. The van der Waals surface area contributed by atoms with Crippen molar-refractivity contribution in [1.82, 2.24) is 14.5 Å². The number of imidazole rings is 1. The fourth-order valence-electron chi connectivity index (χ4n) is 5.70. The third kappa shape index (κ3) is 6.31. The molecule has 2 aromatic heterocycles.